The zero-order valence-electron chi connectivity index (χ0n) is 12.7. The van der Waals surface area contributed by atoms with E-state index in [9.17, 15) is 4.79 Å². The van der Waals surface area contributed by atoms with Crippen LogP contribution in [0.1, 0.15) is 33.9 Å². The highest BCUT2D eigenvalue weighted by molar-refractivity contribution is 7.11. The Balaban J connectivity index is 1.65. The first-order valence-electron chi connectivity index (χ1n) is 7.30. The van der Waals surface area contributed by atoms with E-state index < -0.39 is 0 Å². The van der Waals surface area contributed by atoms with Gasteiger partial charge in [0.25, 0.3) is 5.91 Å². The number of amides is 1. The van der Waals surface area contributed by atoms with Crippen LogP contribution in [0.3, 0.4) is 0 Å². The van der Waals surface area contributed by atoms with Crippen molar-refractivity contribution in [3.05, 3.63) is 33.9 Å². The van der Waals surface area contributed by atoms with E-state index in [4.69, 9.17) is 4.74 Å². The molecule has 0 bridgehead atoms. The fraction of sp³-hybridized carbons (Fsp3) is 0.467. The summed E-state index contributed by atoms with van der Waals surface area (Å²) in [4.78, 5) is 19.2. The van der Waals surface area contributed by atoms with Gasteiger partial charge in [-0.15, -0.1) is 16.4 Å². The lowest BCUT2D eigenvalue weighted by atomic mass is 10.1. The van der Waals surface area contributed by atoms with Crippen LogP contribution in [-0.2, 0) is 0 Å². The Morgan fingerprint density at radius 2 is 2.23 bits per heavy atom. The zero-order valence-corrected chi connectivity index (χ0v) is 13.5. The standard InChI is InChI=1S/C15H18N4O2S/c1-10-5-6-13(18-17-10)21-12-4-3-7-19(8-12)15(20)14-11(2)16-9-22-14/h5-6,9,12H,3-4,7-8H2,1-2H3/t12-/m0/s1. The maximum atomic E-state index is 12.5. The number of hydrogen-bond acceptors (Lipinski definition) is 6. The Labute approximate surface area is 133 Å². The number of rotatable bonds is 3. The van der Waals surface area contributed by atoms with Gasteiger partial charge in [-0.05, 0) is 32.8 Å². The molecule has 0 spiro atoms. The normalized spacial score (nSPS) is 18.3. The molecular formula is C15H18N4O2S. The van der Waals surface area contributed by atoms with Gasteiger partial charge in [-0.1, -0.05) is 0 Å². The molecule has 3 heterocycles. The Kier molecular flexibility index (Phi) is 4.33. The summed E-state index contributed by atoms with van der Waals surface area (Å²) in [6.45, 7) is 5.08. The number of aryl methyl sites for hydroxylation is 2. The predicted molar refractivity (Wildman–Crippen MR) is 83.2 cm³/mol. The smallest absolute Gasteiger partial charge is 0.265 e. The predicted octanol–water partition coefficient (Wildman–Crippen LogP) is 2.23. The molecule has 0 aromatic carbocycles. The van der Waals surface area contributed by atoms with Crippen molar-refractivity contribution in [3.63, 3.8) is 0 Å². The maximum absolute atomic E-state index is 12.5. The third-order valence-electron chi connectivity index (χ3n) is 3.67. The molecule has 0 aliphatic carbocycles. The number of carbonyl (C=O) groups is 1. The summed E-state index contributed by atoms with van der Waals surface area (Å²) in [5.74, 6) is 0.558. The Hall–Kier alpha value is -2.02. The number of carbonyl (C=O) groups excluding carboxylic acids is 1. The lowest BCUT2D eigenvalue weighted by Gasteiger charge is -2.32. The third-order valence-corrected chi connectivity index (χ3v) is 4.58. The number of thiazole rings is 1. The van der Waals surface area contributed by atoms with Crippen LogP contribution in [0.15, 0.2) is 17.6 Å². The molecule has 1 atom stereocenters. The van der Waals surface area contributed by atoms with Crippen molar-refractivity contribution in [2.75, 3.05) is 13.1 Å². The van der Waals surface area contributed by atoms with Crippen LogP contribution in [0.2, 0.25) is 0 Å². The van der Waals surface area contributed by atoms with Gasteiger partial charge in [-0.3, -0.25) is 4.79 Å². The Morgan fingerprint density at radius 1 is 1.36 bits per heavy atom. The van der Waals surface area contributed by atoms with Gasteiger partial charge in [0.2, 0.25) is 5.88 Å². The van der Waals surface area contributed by atoms with E-state index in [1.54, 1.807) is 5.51 Å². The second kappa shape index (κ2) is 6.39. The highest BCUT2D eigenvalue weighted by Gasteiger charge is 2.27. The minimum Gasteiger partial charge on any atom is -0.471 e. The molecule has 22 heavy (non-hydrogen) atoms. The summed E-state index contributed by atoms with van der Waals surface area (Å²) in [5, 5.41) is 8.01. The molecule has 0 unspecified atom stereocenters. The van der Waals surface area contributed by atoms with E-state index >= 15 is 0 Å². The van der Waals surface area contributed by atoms with Gasteiger partial charge >= 0.3 is 0 Å². The van der Waals surface area contributed by atoms with Crippen molar-refractivity contribution in [2.45, 2.75) is 32.8 Å². The average Bonchev–Trinajstić information content (AvgIpc) is 2.95. The van der Waals surface area contributed by atoms with Gasteiger partial charge in [0.1, 0.15) is 11.0 Å². The van der Waals surface area contributed by atoms with E-state index in [0.29, 0.717) is 12.4 Å². The molecule has 0 radical (unpaired) electrons. The van der Waals surface area contributed by atoms with E-state index in [0.717, 1.165) is 35.7 Å². The van der Waals surface area contributed by atoms with Crippen LogP contribution in [-0.4, -0.2) is 45.2 Å². The summed E-state index contributed by atoms with van der Waals surface area (Å²) in [6, 6.07) is 3.69. The van der Waals surface area contributed by atoms with E-state index in [-0.39, 0.29) is 12.0 Å². The van der Waals surface area contributed by atoms with Crippen LogP contribution in [0.4, 0.5) is 0 Å². The molecule has 2 aromatic heterocycles. The van der Waals surface area contributed by atoms with Gasteiger partial charge in [0.05, 0.1) is 23.4 Å². The molecule has 1 fully saturated rings. The zero-order chi connectivity index (χ0) is 15.5. The van der Waals surface area contributed by atoms with Crippen molar-refractivity contribution in [2.24, 2.45) is 0 Å². The van der Waals surface area contributed by atoms with Gasteiger partial charge in [0.15, 0.2) is 0 Å². The maximum Gasteiger partial charge on any atom is 0.265 e. The molecule has 1 aliphatic rings. The molecule has 0 saturated carbocycles. The summed E-state index contributed by atoms with van der Waals surface area (Å²) >= 11 is 1.39. The van der Waals surface area contributed by atoms with Gasteiger partial charge in [-0.2, -0.15) is 5.10 Å². The van der Waals surface area contributed by atoms with Crippen LogP contribution >= 0.6 is 11.3 Å². The van der Waals surface area contributed by atoms with Crippen molar-refractivity contribution in [3.8, 4) is 5.88 Å². The molecule has 6 nitrogen and oxygen atoms in total. The second-order valence-corrected chi connectivity index (χ2v) is 6.27. The van der Waals surface area contributed by atoms with Gasteiger partial charge in [-0.25, -0.2) is 4.98 Å². The average molecular weight is 318 g/mol. The third kappa shape index (κ3) is 3.24. The molecule has 0 N–H and O–H groups in total. The first kappa shape index (κ1) is 14.9. The van der Waals surface area contributed by atoms with Gasteiger partial charge < -0.3 is 9.64 Å². The summed E-state index contributed by atoms with van der Waals surface area (Å²) < 4.78 is 5.86. The monoisotopic (exact) mass is 318 g/mol. The highest BCUT2D eigenvalue weighted by atomic mass is 32.1. The number of aromatic nitrogens is 3. The minimum absolute atomic E-state index is 0.0390. The molecule has 1 saturated heterocycles. The Bertz CT molecular complexity index is 656. The molecule has 7 heteroatoms. The molecule has 2 aromatic rings. The number of ether oxygens (including phenoxy) is 1. The van der Waals surface area contributed by atoms with E-state index in [1.165, 1.54) is 11.3 Å². The molecule has 116 valence electrons. The molecule has 3 rings (SSSR count). The topological polar surface area (TPSA) is 68.2 Å². The summed E-state index contributed by atoms with van der Waals surface area (Å²) in [5.41, 5.74) is 3.36. The minimum atomic E-state index is -0.0390. The molecule has 1 amide bonds. The van der Waals surface area contributed by atoms with Crippen molar-refractivity contribution < 1.29 is 9.53 Å². The first-order chi connectivity index (χ1) is 10.6. The van der Waals surface area contributed by atoms with Gasteiger partial charge in [0, 0.05) is 12.6 Å². The number of nitrogens with zero attached hydrogens (tertiary/aromatic N) is 4. The lowest BCUT2D eigenvalue weighted by Crippen LogP contribution is -2.44. The number of piperidine rings is 1. The first-order valence-corrected chi connectivity index (χ1v) is 8.18. The molecular weight excluding hydrogens is 300 g/mol. The lowest BCUT2D eigenvalue weighted by molar-refractivity contribution is 0.0529. The van der Waals surface area contributed by atoms with E-state index in [2.05, 4.69) is 15.2 Å². The van der Waals surface area contributed by atoms with Crippen LogP contribution < -0.4 is 4.74 Å². The van der Waals surface area contributed by atoms with Crippen molar-refractivity contribution >= 4 is 17.2 Å². The fourth-order valence-electron chi connectivity index (χ4n) is 2.49. The van der Waals surface area contributed by atoms with Crippen molar-refractivity contribution in [1.29, 1.82) is 0 Å². The van der Waals surface area contributed by atoms with Crippen LogP contribution in [0.5, 0.6) is 5.88 Å². The highest BCUT2D eigenvalue weighted by Crippen LogP contribution is 2.21. The van der Waals surface area contributed by atoms with Crippen LogP contribution in [0, 0.1) is 13.8 Å². The van der Waals surface area contributed by atoms with E-state index in [1.807, 2.05) is 30.9 Å². The number of likely N-dealkylation sites (tertiary alicyclic amines) is 1. The quantitative estimate of drug-likeness (QED) is 0.868. The van der Waals surface area contributed by atoms with Crippen molar-refractivity contribution in [1.82, 2.24) is 20.1 Å². The summed E-state index contributed by atoms with van der Waals surface area (Å²) in [6.07, 6.45) is 1.80. The van der Waals surface area contributed by atoms with Crippen LogP contribution in [0.25, 0.3) is 0 Å². The second-order valence-electron chi connectivity index (χ2n) is 5.41. The Morgan fingerprint density at radius 3 is 2.91 bits per heavy atom. The fourth-order valence-corrected chi connectivity index (χ4v) is 3.26. The largest absolute Gasteiger partial charge is 0.471 e. The SMILES string of the molecule is Cc1ccc(O[C@H]2CCCN(C(=O)c3scnc3C)C2)nn1. The molecule has 1 aliphatic heterocycles. The summed E-state index contributed by atoms with van der Waals surface area (Å²) in [7, 11) is 0. The number of hydrogen-bond donors (Lipinski definition) is 0.